The van der Waals surface area contributed by atoms with Gasteiger partial charge in [-0.2, -0.15) is 0 Å². The number of nitrogens with one attached hydrogen (secondary N) is 3. The number of sulfonamides is 1. The van der Waals surface area contributed by atoms with Crippen LogP contribution in [0.3, 0.4) is 0 Å². The van der Waals surface area contributed by atoms with E-state index in [1.54, 1.807) is 24.3 Å². The summed E-state index contributed by atoms with van der Waals surface area (Å²) in [6, 6.07) is 9.44. The van der Waals surface area contributed by atoms with Crippen molar-refractivity contribution in [3.8, 4) is 5.75 Å². The van der Waals surface area contributed by atoms with E-state index in [-0.39, 0.29) is 10.8 Å². The van der Waals surface area contributed by atoms with E-state index in [9.17, 15) is 23.1 Å². The summed E-state index contributed by atoms with van der Waals surface area (Å²) in [6.45, 7) is 0.310. The van der Waals surface area contributed by atoms with Crippen molar-refractivity contribution in [1.29, 1.82) is 0 Å². The van der Waals surface area contributed by atoms with Crippen LogP contribution in [0, 0.1) is 0 Å². The molecule has 1 saturated carbocycles. The van der Waals surface area contributed by atoms with Crippen LogP contribution in [-0.2, 0) is 16.4 Å². The first-order valence-corrected chi connectivity index (χ1v) is 12.8. The van der Waals surface area contributed by atoms with Crippen LogP contribution in [-0.4, -0.2) is 51.3 Å². The Hall–Kier alpha value is -2.82. The Morgan fingerprint density at radius 3 is 2.50 bits per heavy atom. The molecular formula is C23H28ClN3O6S. The standard InChI is InChI=1S/C23H28ClN3O6S/c1-33-21-11-8-16(24)14-18(21)22(29)25-13-12-15-6-9-17(10-7-15)34(31,32)27-23(30)26-19-4-2-3-5-20(19)28/h6-11,14,19-20,28H,2-5,12-13H2,1H3,(H,25,29)(H2,26,27,30)/t19-,20-/m0/s1. The second-order valence-electron chi connectivity index (χ2n) is 8.03. The smallest absolute Gasteiger partial charge is 0.329 e. The Balaban J connectivity index is 1.52. The van der Waals surface area contributed by atoms with Crippen molar-refractivity contribution in [3.63, 3.8) is 0 Å². The van der Waals surface area contributed by atoms with E-state index in [0.717, 1.165) is 18.4 Å². The normalized spacial score (nSPS) is 18.1. The molecule has 0 heterocycles. The lowest BCUT2D eigenvalue weighted by Crippen LogP contribution is -2.50. The fraction of sp³-hybridized carbons (Fsp3) is 0.391. The van der Waals surface area contributed by atoms with Gasteiger partial charge in [-0.15, -0.1) is 0 Å². The third-order valence-corrected chi connectivity index (χ3v) is 7.19. The van der Waals surface area contributed by atoms with Gasteiger partial charge in [-0.3, -0.25) is 4.79 Å². The monoisotopic (exact) mass is 509 g/mol. The van der Waals surface area contributed by atoms with Gasteiger partial charge in [-0.1, -0.05) is 36.6 Å². The summed E-state index contributed by atoms with van der Waals surface area (Å²) in [7, 11) is -2.60. The second kappa shape index (κ2) is 11.5. The molecule has 0 unspecified atom stereocenters. The van der Waals surface area contributed by atoms with E-state index in [1.165, 1.54) is 25.3 Å². The average molecular weight is 510 g/mol. The predicted molar refractivity (Wildman–Crippen MR) is 128 cm³/mol. The number of amides is 3. The Kier molecular flexibility index (Phi) is 8.76. The van der Waals surface area contributed by atoms with E-state index in [2.05, 4.69) is 10.6 Å². The molecule has 9 nitrogen and oxygen atoms in total. The van der Waals surface area contributed by atoms with E-state index in [4.69, 9.17) is 16.3 Å². The number of carbonyl (C=O) groups excluding carboxylic acids is 2. The number of ether oxygens (including phenoxy) is 1. The Labute approximate surface area is 203 Å². The van der Waals surface area contributed by atoms with Crippen LogP contribution in [0.5, 0.6) is 5.75 Å². The van der Waals surface area contributed by atoms with Gasteiger partial charge in [-0.05, 0) is 55.2 Å². The van der Waals surface area contributed by atoms with Crippen LogP contribution >= 0.6 is 11.6 Å². The maximum atomic E-state index is 12.5. The average Bonchev–Trinajstić information content (AvgIpc) is 2.80. The molecule has 2 aromatic rings. The first-order chi connectivity index (χ1) is 16.2. The molecule has 1 aliphatic carbocycles. The summed E-state index contributed by atoms with van der Waals surface area (Å²) in [4.78, 5) is 24.5. The fourth-order valence-corrected chi connectivity index (χ4v) is 4.85. The van der Waals surface area contributed by atoms with Crippen LogP contribution in [0.1, 0.15) is 41.6 Å². The molecule has 0 radical (unpaired) electrons. The van der Waals surface area contributed by atoms with Crippen molar-refractivity contribution in [1.82, 2.24) is 15.4 Å². The highest BCUT2D eigenvalue weighted by atomic mass is 35.5. The number of rotatable bonds is 8. The molecule has 3 amide bonds. The third kappa shape index (κ3) is 6.85. The second-order valence-corrected chi connectivity index (χ2v) is 10.2. The first-order valence-electron chi connectivity index (χ1n) is 10.9. The number of hydrogen-bond acceptors (Lipinski definition) is 6. The van der Waals surface area contributed by atoms with E-state index in [0.29, 0.717) is 42.1 Å². The van der Waals surface area contributed by atoms with Gasteiger partial charge in [0.15, 0.2) is 0 Å². The highest BCUT2D eigenvalue weighted by molar-refractivity contribution is 7.90. The van der Waals surface area contributed by atoms with E-state index < -0.39 is 28.2 Å². The quantitative estimate of drug-likeness (QED) is 0.432. The van der Waals surface area contributed by atoms with Crippen molar-refractivity contribution < 1.29 is 27.9 Å². The van der Waals surface area contributed by atoms with Gasteiger partial charge < -0.3 is 20.5 Å². The zero-order chi connectivity index (χ0) is 24.7. The Bertz CT molecular complexity index is 1120. The molecule has 11 heteroatoms. The minimum Gasteiger partial charge on any atom is -0.496 e. The zero-order valence-electron chi connectivity index (χ0n) is 18.7. The van der Waals surface area contributed by atoms with Gasteiger partial charge in [0.2, 0.25) is 0 Å². The highest BCUT2D eigenvalue weighted by Gasteiger charge is 2.26. The number of benzene rings is 2. The molecule has 3 rings (SSSR count). The molecule has 2 atom stereocenters. The van der Waals surface area contributed by atoms with E-state index >= 15 is 0 Å². The van der Waals surface area contributed by atoms with Crippen molar-refractivity contribution in [2.75, 3.05) is 13.7 Å². The van der Waals surface area contributed by atoms with Crippen molar-refractivity contribution in [2.24, 2.45) is 0 Å². The van der Waals surface area contributed by atoms with Gasteiger partial charge >= 0.3 is 6.03 Å². The summed E-state index contributed by atoms with van der Waals surface area (Å²) in [6.07, 6.45) is 2.70. The molecule has 0 aliphatic heterocycles. The van der Waals surface area contributed by atoms with Gasteiger partial charge in [0.05, 0.1) is 29.7 Å². The number of hydrogen-bond donors (Lipinski definition) is 4. The van der Waals surface area contributed by atoms with Crippen molar-refractivity contribution >= 4 is 33.6 Å². The molecule has 4 N–H and O–H groups in total. The number of aliphatic hydroxyl groups excluding tert-OH is 1. The van der Waals surface area contributed by atoms with E-state index in [1.807, 2.05) is 4.72 Å². The molecule has 2 aromatic carbocycles. The van der Waals surface area contributed by atoms with Crippen molar-refractivity contribution in [2.45, 2.75) is 49.1 Å². The zero-order valence-corrected chi connectivity index (χ0v) is 20.3. The predicted octanol–water partition coefficient (Wildman–Crippen LogP) is 2.61. The van der Waals surface area contributed by atoms with Crippen LogP contribution in [0.4, 0.5) is 4.79 Å². The molecule has 1 aliphatic rings. The van der Waals surface area contributed by atoms with Gasteiger partial charge in [0, 0.05) is 11.6 Å². The molecule has 184 valence electrons. The lowest BCUT2D eigenvalue weighted by Gasteiger charge is -2.28. The lowest BCUT2D eigenvalue weighted by molar-refractivity contribution is 0.0947. The number of halogens is 1. The highest BCUT2D eigenvalue weighted by Crippen LogP contribution is 2.22. The van der Waals surface area contributed by atoms with Gasteiger partial charge in [0.25, 0.3) is 15.9 Å². The van der Waals surface area contributed by atoms with Crippen LogP contribution in [0.25, 0.3) is 0 Å². The molecule has 0 spiro atoms. The Morgan fingerprint density at radius 1 is 1.12 bits per heavy atom. The Morgan fingerprint density at radius 2 is 1.82 bits per heavy atom. The number of urea groups is 1. The fourth-order valence-electron chi connectivity index (χ4n) is 3.77. The molecular weight excluding hydrogens is 482 g/mol. The first kappa shape index (κ1) is 25.8. The van der Waals surface area contributed by atoms with Crippen LogP contribution < -0.4 is 20.1 Å². The lowest BCUT2D eigenvalue weighted by atomic mass is 9.93. The summed E-state index contributed by atoms with van der Waals surface area (Å²) < 4.78 is 32.2. The van der Waals surface area contributed by atoms with Gasteiger partial charge in [0.1, 0.15) is 5.75 Å². The summed E-state index contributed by atoms with van der Waals surface area (Å²) in [5.74, 6) is 0.0721. The largest absolute Gasteiger partial charge is 0.496 e. The molecule has 0 aromatic heterocycles. The number of methoxy groups -OCH3 is 1. The van der Waals surface area contributed by atoms with Gasteiger partial charge in [-0.25, -0.2) is 17.9 Å². The summed E-state index contributed by atoms with van der Waals surface area (Å²) in [5, 5.41) is 15.7. The summed E-state index contributed by atoms with van der Waals surface area (Å²) >= 11 is 5.96. The minimum absolute atomic E-state index is 0.0664. The number of aliphatic hydroxyl groups is 1. The minimum atomic E-state index is -4.07. The molecule has 1 fully saturated rings. The van der Waals surface area contributed by atoms with Crippen molar-refractivity contribution in [3.05, 3.63) is 58.6 Å². The molecule has 34 heavy (non-hydrogen) atoms. The maximum absolute atomic E-state index is 12.5. The summed E-state index contributed by atoms with van der Waals surface area (Å²) in [5.41, 5.74) is 1.12. The third-order valence-electron chi connectivity index (χ3n) is 5.61. The topological polar surface area (TPSA) is 134 Å². The molecule has 0 saturated heterocycles. The SMILES string of the molecule is COc1ccc(Cl)cc1C(=O)NCCc1ccc(S(=O)(=O)NC(=O)N[C@H]2CCCC[C@@H]2O)cc1. The maximum Gasteiger partial charge on any atom is 0.329 e. The molecule has 0 bridgehead atoms. The van der Waals surface area contributed by atoms with Crippen LogP contribution in [0.15, 0.2) is 47.4 Å². The van der Waals surface area contributed by atoms with Crippen LogP contribution in [0.2, 0.25) is 5.02 Å². The number of carbonyl (C=O) groups is 2.